The van der Waals surface area contributed by atoms with Crippen LogP contribution in [0.1, 0.15) is 71.7 Å². The summed E-state index contributed by atoms with van der Waals surface area (Å²) in [6.45, 7) is 2.07. The van der Waals surface area contributed by atoms with Crippen LogP contribution in [-0.2, 0) is 16.1 Å². The lowest BCUT2D eigenvalue weighted by Crippen LogP contribution is -2.46. The van der Waals surface area contributed by atoms with Gasteiger partial charge in [-0.25, -0.2) is 9.78 Å². The molecular formula is C29H30F3N3O5. The number of rotatable bonds is 8. The number of esters is 1. The van der Waals surface area contributed by atoms with E-state index in [2.05, 4.69) is 19.8 Å². The van der Waals surface area contributed by atoms with Gasteiger partial charge < -0.3 is 23.6 Å². The Hall–Kier alpha value is -3.60. The van der Waals surface area contributed by atoms with E-state index >= 15 is 0 Å². The van der Waals surface area contributed by atoms with Gasteiger partial charge in [-0.2, -0.15) is 0 Å². The Morgan fingerprint density at radius 2 is 1.85 bits per heavy atom. The van der Waals surface area contributed by atoms with Gasteiger partial charge in [0, 0.05) is 35.3 Å². The maximum atomic E-state index is 13.1. The number of carbonyl (C=O) groups excluding carboxylic acids is 1. The van der Waals surface area contributed by atoms with Crippen LogP contribution >= 0.6 is 0 Å². The van der Waals surface area contributed by atoms with Crippen molar-refractivity contribution in [3.8, 4) is 17.0 Å². The predicted octanol–water partition coefficient (Wildman–Crippen LogP) is 6.32. The summed E-state index contributed by atoms with van der Waals surface area (Å²) in [5, 5.41) is 4.18. The molecule has 2 aliphatic heterocycles. The van der Waals surface area contributed by atoms with Gasteiger partial charge in [0.1, 0.15) is 23.0 Å². The molecule has 1 aromatic carbocycles. The van der Waals surface area contributed by atoms with Crippen molar-refractivity contribution in [3.63, 3.8) is 0 Å². The van der Waals surface area contributed by atoms with Crippen molar-refractivity contribution in [1.29, 1.82) is 0 Å². The van der Waals surface area contributed by atoms with Crippen LogP contribution in [0.4, 0.5) is 19.0 Å². The molecule has 1 aliphatic carbocycles. The highest BCUT2D eigenvalue weighted by Crippen LogP contribution is 2.46. The van der Waals surface area contributed by atoms with Crippen LogP contribution in [0.3, 0.4) is 0 Å². The minimum Gasteiger partial charge on any atom is -0.465 e. The Kier molecular flexibility index (Phi) is 6.93. The molecule has 2 atom stereocenters. The highest BCUT2D eigenvalue weighted by molar-refractivity contribution is 5.90. The van der Waals surface area contributed by atoms with E-state index in [9.17, 15) is 18.0 Å². The minimum atomic E-state index is -4.82. The number of aromatic nitrogens is 2. The Bertz CT molecular complexity index is 1390. The molecule has 2 saturated heterocycles. The van der Waals surface area contributed by atoms with Crippen LogP contribution in [0, 0.1) is 6.92 Å². The molecule has 2 unspecified atom stereocenters. The van der Waals surface area contributed by atoms with E-state index in [0.717, 1.165) is 49.9 Å². The van der Waals surface area contributed by atoms with Crippen molar-refractivity contribution >= 4 is 11.8 Å². The zero-order chi connectivity index (χ0) is 28.0. The number of benzene rings is 1. The third kappa shape index (κ3) is 5.26. The Morgan fingerprint density at radius 1 is 1.12 bits per heavy atom. The SMILES string of the molecule is COC(=O)c1cnc(N2C3CCC2CC(OCc2c(-c4ccccc4OC(F)(F)F)noc2C2CC2)C3)cc1C. The van der Waals surface area contributed by atoms with Crippen molar-refractivity contribution in [2.75, 3.05) is 12.0 Å². The van der Waals surface area contributed by atoms with Crippen molar-refractivity contribution < 1.29 is 36.7 Å². The molecule has 40 heavy (non-hydrogen) atoms. The number of hydrogen-bond donors (Lipinski definition) is 0. The van der Waals surface area contributed by atoms with E-state index in [0.29, 0.717) is 22.6 Å². The third-order valence-electron chi connectivity index (χ3n) is 8.05. The fourth-order valence-corrected chi connectivity index (χ4v) is 6.06. The number of carbonyl (C=O) groups is 1. The third-order valence-corrected chi connectivity index (χ3v) is 8.05. The summed E-state index contributed by atoms with van der Waals surface area (Å²) < 4.78 is 60.5. The van der Waals surface area contributed by atoms with Crippen LogP contribution < -0.4 is 9.64 Å². The first-order chi connectivity index (χ1) is 19.2. The van der Waals surface area contributed by atoms with Crippen molar-refractivity contribution in [1.82, 2.24) is 10.1 Å². The smallest absolute Gasteiger partial charge is 0.465 e. The number of nitrogens with zero attached hydrogens (tertiary/aromatic N) is 3. The van der Waals surface area contributed by atoms with Crippen LogP contribution in [0.2, 0.25) is 0 Å². The molecule has 4 heterocycles. The lowest BCUT2D eigenvalue weighted by Gasteiger charge is -2.39. The Balaban J connectivity index is 1.19. The summed E-state index contributed by atoms with van der Waals surface area (Å²) in [5.41, 5.74) is 2.51. The predicted molar refractivity (Wildman–Crippen MR) is 138 cm³/mol. The van der Waals surface area contributed by atoms with Crippen LogP contribution in [0.25, 0.3) is 11.3 Å². The topological polar surface area (TPSA) is 86.9 Å². The zero-order valence-electron chi connectivity index (χ0n) is 22.2. The molecule has 8 nitrogen and oxygen atoms in total. The van der Waals surface area contributed by atoms with E-state index in [4.69, 9.17) is 14.0 Å². The van der Waals surface area contributed by atoms with E-state index in [1.807, 2.05) is 13.0 Å². The fourth-order valence-electron chi connectivity index (χ4n) is 6.06. The summed E-state index contributed by atoms with van der Waals surface area (Å²) in [5.74, 6) is 1.00. The summed E-state index contributed by atoms with van der Waals surface area (Å²) >= 11 is 0. The van der Waals surface area contributed by atoms with Gasteiger partial charge in [0.15, 0.2) is 0 Å². The summed E-state index contributed by atoms with van der Waals surface area (Å²) in [4.78, 5) is 18.9. The van der Waals surface area contributed by atoms with E-state index < -0.39 is 12.3 Å². The van der Waals surface area contributed by atoms with Crippen LogP contribution in [0.15, 0.2) is 41.1 Å². The van der Waals surface area contributed by atoms with E-state index in [-0.39, 0.29) is 42.0 Å². The highest BCUT2D eigenvalue weighted by atomic mass is 19.4. The highest BCUT2D eigenvalue weighted by Gasteiger charge is 2.42. The molecule has 212 valence electrons. The molecular weight excluding hydrogens is 527 g/mol. The first kappa shape index (κ1) is 26.6. The molecule has 6 rings (SSSR count). The molecule has 2 bridgehead atoms. The number of ether oxygens (including phenoxy) is 3. The number of fused-ring (bicyclic) bond motifs is 2. The molecule has 0 radical (unpaired) electrons. The van der Waals surface area contributed by atoms with E-state index in [1.54, 1.807) is 18.3 Å². The summed E-state index contributed by atoms with van der Waals surface area (Å²) in [7, 11) is 1.35. The largest absolute Gasteiger partial charge is 0.573 e. The number of piperidine rings is 1. The number of methoxy groups -OCH3 is 1. The second-order valence-electron chi connectivity index (χ2n) is 10.7. The lowest BCUT2D eigenvalue weighted by atomic mass is 9.98. The number of anilines is 1. The van der Waals surface area contributed by atoms with Gasteiger partial charge in [-0.3, -0.25) is 0 Å². The van der Waals surface area contributed by atoms with Crippen molar-refractivity contribution in [2.24, 2.45) is 0 Å². The van der Waals surface area contributed by atoms with Gasteiger partial charge in [0.2, 0.25) is 0 Å². The average Bonchev–Trinajstić information content (AvgIpc) is 3.62. The standard InChI is InChI=1S/C29H30F3N3O5/c1-16-11-25(33-14-22(16)28(36)37-2)35-18-9-10-19(35)13-20(12-18)38-15-23-26(34-40-27(23)17-7-8-17)21-5-3-4-6-24(21)39-29(30,31)32/h3-6,11,14,17-20H,7-10,12-13,15H2,1-2H3. The average molecular weight is 558 g/mol. The molecule has 3 fully saturated rings. The number of alkyl halides is 3. The molecule has 3 aliphatic rings. The lowest BCUT2D eigenvalue weighted by molar-refractivity contribution is -0.274. The maximum Gasteiger partial charge on any atom is 0.573 e. The van der Waals surface area contributed by atoms with Crippen LogP contribution in [-0.4, -0.2) is 47.8 Å². The normalized spacial score (nSPS) is 22.4. The van der Waals surface area contributed by atoms with Crippen molar-refractivity contribution in [3.05, 3.63) is 59.0 Å². The van der Waals surface area contributed by atoms with Gasteiger partial charge in [-0.05, 0) is 69.2 Å². The quantitative estimate of drug-likeness (QED) is 0.297. The van der Waals surface area contributed by atoms with Gasteiger partial charge in [-0.1, -0.05) is 17.3 Å². The molecule has 0 amide bonds. The molecule has 0 N–H and O–H groups in total. The number of aryl methyl sites for hydroxylation is 1. The number of para-hydroxylation sites is 1. The number of hydrogen-bond acceptors (Lipinski definition) is 8. The molecule has 11 heteroatoms. The number of halogens is 3. The monoisotopic (exact) mass is 557 g/mol. The maximum absolute atomic E-state index is 13.1. The second-order valence-corrected chi connectivity index (χ2v) is 10.7. The molecule has 3 aromatic rings. The van der Waals surface area contributed by atoms with Gasteiger partial charge in [0.25, 0.3) is 0 Å². The summed E-state index contributed by atoms with van der Waals surface area (Å²) in [6, 6.07) is 8.39. The first-order valence-electron chi connectivity index (χ1n) is 13.5. The molecule has 1 saturated carbocycles. The Morgan fingerprint density at radius 3 is 2.50 bits per heavy atom. The molecule has 2 aromatic heterocycles. The fraction of sp³-hybridized carbons (Fsp3) is 0.483. The van der Waals surface area contributed by atoms with Gasteiger partial charge in [-0.15, -0.1) is 13.2 Å². The number of pyridine rings is 1. The Labute approximate surface area is 229 Å². The molecule has 0 spiro atoms. The van der Waals surface area contributed by atoms with Crippen molar-refractivity contribution in [2.45, 2.75) is 82.5 Å². The minimum absolute atomic E-state index is 0.0272. The van der Waals surface area contributed by atoms with Gasteiger partial charge in [0.05, 0.1) is 25.4 Å². The first-order valence-corrected chi connectivity index (χ1v) is 13.5. The van der Waals surface area contributed by atoms with Gasteiger partial charge >= 0.3 is 12.3 Å². The van der Waals surface area contributed by atoms with Crippen LogP contribution in [0.5, 0.6) is 5.75 Å². The van der Waals surface area contributed by atoms with E-state index in [1.165, 1.54) is 19.2 Å². The zero-order valence-corrected chi connectivity index (χ0v) is 22.2. The second kappa shape index (κ2) is 10.4. The summed E-state index contributed by atoms with van der Waals surface area (Å²) in [6.07, 6.45) is 2.24.